The second kappa shape index (κ2) is 13.0. The Morgan fingerprint density at radius 3 is 2.23 bits per heavy atom. The zero-order valence-corrected chi connectivity index (χ0v) is 25.0. The predicted molar refractivity (Wildman–Crippen MR) is 159 cm³/mol. The van der Waals surface area contributed by atoms with Gasteiger partial charge in [0.25, 0.3) is 0 Å². The van der Waals surface area contributed by atoms with Gasteiger partial charge in [-0.3, -0.25) is 9.59 Å². The van der Waals surface area contributed by atoms with Crippen molar-refractivity contribution >= 4 is 34.1 Å². The van der Waals surface area contributed by atoms with Crippen LogP contribution in [0.1, 0.15) is 68.4 Å². The molecule has 2 aromatic rings. The largest absolute Gasteiger partial charge is 0.353 e. The number of sulfone groups is 1. The van der Waals surface area contributed by atoms with Gasteiger partial charge in [0.2, 0.25) is 11.8 Å². The van der Waals surface area contributed by atoms with Gasteiger partial charge >= 0.3 is 0 Å². The van der Waals surface area contributed by atoms with Gasteiger partial charge in [0.1, 0.15) is 0 Å². The van der Waals surface area contributed by atoms with E-state index in [2.05, 4.69) is 22.3 Å². The fraction of sp³-hybridized carbons (Fsp3) is 0.548. The minimum atomic E-state index is -3.23. The van der Waals surface area contributed by atoms with E-state index in [0.717, 1.165) is 75.8 Å². The number of nitrogens with one attached hydrogen (secondary N) is 1. The minimum Gasteiger partial charge on any atom is -0.353 e. The summed E-state index contributed by atoms with van der Waals surface area (Å²) in [5.41, 5.74) is 1.74. The molecule has 2 aromatic carbocycles. The van der Waals surface area contributed by atoms with Gasteiger partial charge < -0.3 is 15.1 Å². The molecule has 3 aliphatic rings. The molecule has 7 nitrogen and oxygen atoms in total. The molecule has 2 aliphatic heterocycles. The summed E-state index contributed by atoms with van der Waals surface area (Å²) >= 11 is 0. The minimum absolute atomic E-state index is 0. The average Bonchev–Trinajstić information content (AvgIpc) is 3.54. The lowest BCUT2D eigenvalue weighted by atomic mass is 9.77. The molecule has 1 saturated carbocycles. The Balaban J connectivity index is 0.00000370. The number of carbonyl (C=O) groups excluding carboxylic acids is 2. The number of rotatable bonds is 9. The lowest BCUT2D eigenvalue weighted by molar-refractivity contribution is -0.138. The maximum atomic E-state index is 13.5. The number of piperidine rings is 1. The SMILES string of the molecule is CS(=O)(=O)c1ccc(CN2CCC3(CCN(CCC(C(=O)NC4CCCC4)c4ccccc4)CC3)C2=O)cc1.Cl. The van der Waals surface area contributed by atoms with E-state index in [1.807, 2.05) is 35.2 Å². The van der Waals surface area contributed by atoms with Gasteiger partial charge in [-0.05, 0) is 81.4 Å². The fourth-order valence-corrected chi connectivity index (χ4v) is 7.22. The van der Waals surface area contributed by atoms with Crippen LogP contribution < -0.4 is 5.32 Å². The molecule has 3 fully saturated rings. The second-order valence-corrected chi connectivity index (χ2v) is 13.8. The summed E-state index contributed by atoms with van der Waals surface area (Å²) in [5, 5.41) is 3.31. The summed E-state index contributed by atoms with van der Waals surface area (Å²) in [7, 11) is -3.23. The Bertz CT molecular complexity index is 1260. The molecule has 1 unspecified atom stereocenters. The molecule has 1 aliphatic carbocycles. The number of halogens is 1. The maximum absolute atomic E-state index is 13.5. The van der Waals surface area contributed by atoms with Gasteiger partial charge in [-0.25, -0.2) is 8.42 Å². The van der Waals surface area contributed by atoms with Crippen LogP contribution in [0.4, 0.5) is 0 Å². The van der Waals surface area contributed by atoms with Crippen molar-refractivity contribution < 1.29 is 18.0 Å². The maximum Gasteiger partial charge on any atom is 0.229 e. The van der Waals surface area contributed by atoms with Crippen LogP contribution in [-0.2, 0) is 26.0 Å². The summed E-state index contributed by atoms with van der Waals surface area (Å²) in [5.74, 6) is 0.223. The summed E-state index contributed by atoms with van der Waals surface area (Å²) in [6.45, 7) is 3.84. The Labute approximate surface area is 245 Å². The molecule has 0 radical (unpaired) electrons. The average molecular weight is 588 g/mol. The third kappa shape index (κ3) is 7.07. The smallest absolute Gasteiger partial charge is 0.229 e. The number of hydrogen-bond acceptors (Lipinski definition) is 5. The molecule has 5 rings (SSSR count). The third-order valence-electron chi connectivity index (χ3n) is 9.09. The van der Waals surface area contributed by atoms with Crippen molar-refractivity contribution in [3.05, 3.63) is 65.7 Å². The first-order valence-electron chi connectivity index (χ1n) is 14.4. The Kier molecular flexibility index (Phi) is 9.96. The first-order valence-corrected chi connectivity index (χ1v) is 16.3. The fourth-order valence-electron chi connectivity index (χ4n) is 6.59. The van der Waals surface area contributed by atoms with Crippen LogP contribution in [0.3, 0.4) is 0 Å². The van der Waals surface area contributed by atoms with Crippen LogP contribution in [0.15, 0.2) is 59.5 Å². The molecule has 2 saturated heterocycles. The number of benzene rings is 2. The highest BCUT2D eigenvalue weighted by Crippen LogP contribution is 2.42. The van der Waals surface area contributed by atoms with Crippen molar-refractivity contribution in [2.24, 2.45) is 5.41 Å². The van der Waals surface area contributed by atoms with E-state index in [0.29, 0.717) is 17.5 Å². The number of likely N-dealkylation sites (tertiary alicyclic amines) is 2. The van der Waals surface area contributed by atoms with Gasteiger partial charge in [0.15, 0.2) is 9.84 Å². The van der Waals surface area contributed by atoms with E-state index in [1.54, 1.807) is 12.1 Å². The first-order chi connectivity index (χ1) is 18.7. The molecule has 2 amide bonds. The summed E-state index contributed by atoms with van der Waals surface area (Å²) in [6, 6.07) is 17.3. The summed E-state index contributed by atoms with van der Waals surface area (Å²) in [4.78, 5) is 31.4. The zero-order chi connectivity index (χ0) is 27.5. The van der Waals surface area contributed by atoms with Crippen LogP contribution >= 0.6 is 12.4 Å². The molecule has 2 heterocycles. The van der Waals surface area contributed by atoms with Crippen molar-refractivity contribution in [1.82, 2.24) is 15.1 Å². The highest BCUT2D eigenvalue weighted by molar-refractivity contribution is 7.90. The van der Waals surface area contributed by atoms with Gasteiger partial charge in [0, 0.05) is 25.4 Å². The number of carbonyl (C=O) groups is 2. The van der Waals surface area contributed by atoms with Crippen LogP contribution in [0, 0.1) is 5.41 Å². The van der Waals surface area contributed by atoms with Crippen LogP contribution in [-0.4, -0.2) is 68.5 Å². The van der Waals surface area contributed by atoms with E-state index in [9.17, 15) is 18.0 Å². The van der Waals surface area contributed by atoms with Gasteiger partial charge in [-0.2, -0.15) is 0 Å². The lowest BCUT2D eigenvalue weighted by Gasteiger charge is -2.38. The molecule has 9 heteroatoms. The van der Waals surface area contributed by atoms with Crippen molar-refractivity contribution in [2.45, 2.75) is 74.8 Å². The Morgan fingerprint density at radius 1 is 0.975 bits per heavy atom. The Hall–Kier alpha value is -2.42. The first kappa shape index (κ1) is 30.5. The topological polar surface area (TPSA) is 86.8 Å². The molecule has 0 bridgehead atoms. The van der Waals surface area contributed by atoms with E-state index in [1.165, 1.54) is 19.1 Å². The highest BCUT2D eigenvalue weighted by Gasteiger charge is 2.47. The normalized spacial score (nSPS) is 20.4. The molecule has 1 N–H and O–H groups in total. The molecular weight excluding hydrogens is 546 g/mol. The molecule has 40 heavy (non-hydrogen) atoms. The van der Waals surface area contributed by atoms with E-state index < -0.39 is 9.84 Å². The van der Waals surface area contributed by atoms with E-state index >= 15 is 0 Å². The second-order valence-electron chi connectivity index (χ2n) is 11.8. The van der Waals surface area contributed by atoms with Gasteiger partial charge in [-0.15, -0.1) is 12.4 Å². The van der Waals surface area contributed by atoms with Crippen molar-refractivity contribution in [3.63, 3.8) is 0 Å². The van der Waals surface area contributed by atoms with E-state index in [-0.39, 0.29) is 35.6 Å². The number of hydrogen-bond donors (Lipinski definition) is 1. The van der Waals surface area contributed by atoms with Crippen LogP contribution in [0.25, 0.3) is 0 Å². The number of nitrogens with zero attached hydrogens (tertiary/aromatic N) is 2. The van der Waals surface area contributed by atoms with Crippen LogP contribution in [0.2, 0.25) is 0 Å². The summed E-state index contributed by atoms with van der Waals surface area (Å²) < 4.78 is 23.5. The van der Waals surface area contributed by atoms with Crippen molar-refractivity contribution in [3.8, 4) is 0 Å². The molecule has 1 atom stereocenters. The zero-order valence-electron chi connectivity index (χ0n) is 23.4. The van der Waals surface area contributed by atoms with Gasteiger partial charge in [0.05, 0.1) is 16.2 Å². The van der Waals surface area contributed by atoms with Gasteiger partial charge in [-0.1, -0.05) is 55.3 Å². The monoisotopic (exact) mass is 587 g/mol. The standard InChI is InChI=1S/C31H41N3O4S.ClH/c1-39(37,38)27-13-11-24(12-14-27)23-34-22-18-31(30(34)36)16-20-33(21-17-31)19-15-28(25-7-3-2-4-8-25)29(35)32-26-9-5-6-10-26;/h2-4,7-8,11-14,26,28H,5-6,9-10,15-23H2,1H3,(H,32,35);1H. The number of amides is 2. The van der Waals surface area contributed by atoms with Crippen molar-refractivity contribution in [1.29, 1.82) is 0 Å². The highest BCUT2D eigenvalue weighted by atomic mass is 35.5. The predicted octanol–water partition coefficient (Wildman–Crippen LogP) is 4.56. The quantitative estimate of drug-likeness (QED) is 0.465. The lowest BCUT2D eigenvalue weighted by Crippen LogP contribution is -2.45. The Morgan fingerprint density at radius 2 is 1.60 bits per heavy atom. The van der Waals surface area contributed by atoms with E-state index in [4.69, 9.17) is 0 Å². The van der Waals surface area contributed by atoms with Crippen molar-refractivity contribution in [2.75, 3.05) is 32.4 Å². The van der Waals surface area contributed by atoms with Crippen LogP contribution in [0.5, 0.6) is 0 Å². The molecule has 218 valence electrons. The summed E-state index contributed by atoms with van der Waals surface area (Å²) in [6.07, 6.45) is 9.10. The third-order valence-corrected chi connectivity index (χ3v) is 10.2. The molecule has 1 spiro atoms. The molecule has 0 aromatic heterocycles. The molecular formula is C31H42ClN3O4S.